The Labute approximate surface area is 72.9 Å². The second kappa shape index (κ2) is 7.76. The van der Waals surface area contributed by atoms with E-state index in [-0.39, 0.29) is 0 Å². The molecule has 0 aromatic heterocycles. The summed E-state index contributed by atoms with van der Waals surface area (Å²) in [6, 6.07) is 0. The van der Waals surface area contributed by atoms with E-state index < -0.39 is 0 Å². The fraction of sp³-hybridized carbons (Fsp3) is 1.00. The molecule has 0 heterocycles. The molecule has 0 amide bonds. The van der Waals surface area contributed by atoms with Crippen molar-refractivity contribution in [2.24, 2.45) is 0 Å². The van der Waals surface area contributed by atoms with E-state index in [9.17, 15) is 0 Å². The maximum Gasteiger partial charge on any atom is 0.00695 e. The van der Waals surface area contributed by atoms with Gasteiger partial charge in [0.25, 0.3) is 0 Å². The summed E-state index contributed by atoms with van der Waals surface area (Å²) in [5.41, 5.74) is 0. The third-order valence-corrected chi connectivity index (χ3v) is 2.54. The van der Waals surface area contributed by atoms with Crippen molar-refractivity contribution in [1.82, 2.24) is 4.90 Å². The molecule has 0 fully saturated rings. The third-order valence-electron chi connectivity index (χ3n) is 1.35. The van der Waals surface area contributed by atoms with Gasteiger partial charge < -0.3 is 4.90 Å². The summed E-state index contributed by atoms with van der Waals surface area (Å²) >= 11 is 3.83. The van der Waals surface area contributed by atoms with Crippen LogP contribution in [0.3, 0.4) is 0 Å². The second-order valence-corrected chi connectivity index (χ2v) is 4.26. The lowest BCUT2D eigenvalue weighted by Gasteiger charge is -2.14. The predicted molar refractivity (Wildman–Crippen MR) is 54.3 cm³/mol. The molecule has 0 radical (unpaired) electrons. The first-order valence-electron chi connectivity index (χ1n) is 3.47. The minimum Gasteiger partial charge on any atom is -0.305 e. The van der Waals surface area contributed by atoms with Crippen molar-refractivity contribution in [3.8, 4) is 0 Å². The average molecular weight is 183 g/mol. The Morgan fingerprint density at radius 2 is 1.40 bits per heavy atom. The standard InChI is InChI=1S/C7H17NS2/c1-8(4-6-9-2)5-7-10-3/h4-7H2,1-3H3/i4+1,5+1,6+1,7+1. The second-order valence-electron chi connectivity index (χ2n) is 2.29. The summed E-state index contributed by atoms with van der Waals surface area (Å²) in [6.45, 7) is 2.45. The van der Waals surface area contributed by atoms with E-state index >= 15 is 0 Å². The molecule has 0 aliphatic rings. The van der Waals surface area contributed by atoms with Crippen molar-refractivity contribution < 1.29 is 0 Å². The molecule has 0 aliphatic carbocycles. The molecular formula is C7H17NS2. The first kappa shape index (κ1) is 10.7. The number of thioether (sulfide) groups is 2. The van der Waals surface area contributed by atoms with Crippen LogP contribution in [0, 0.1) is 0 Å². The molecule has 10 heavy (non-hydrogen) atoms. The Bertz CT molecular complexity index is 60.6. The predicted octanol–water partition coefficient (Wildman–Crippen LogP) is 1.64. The molecule has 0 N–H and O–H groups in total. The van der Waals surface area contributed by atoms with Gasteiger partial charge >= 0.3 is 0 Å². The van der Waals surface area contributed by atoms with Crippen molar-refractivity contribution in [3.05, 3.63) is 0 Å². The number of hydrogen-bond acceptors (Lipinski definition) is 3. The van der Waals surface area contributed by atoms with Crippen LogP contribution in [-0.2, 0) is 0 Å². The van der Waals surface area contributed by atoms with Crippen molar-refractivity contribution in [3.63, 3.8) is 0 Å². The molecule has 0 saturated carbocycles. The molecule has 0 aromatic carbocycles. The minimum atomic E-state index is 1.22. The topological polar surface area (TPSA) is 3.24 Å². The van der Waals surface area contributed by atoms with Gasteiger partial charge in [-0.25, -0.2) is 0 Å². The number of hydrogen-bond donors (Lipinski definition) is 0. The molecule has 0 atom stereocenters. The molecular weight excluding hydrogens is 166 g/mol. The van der Waals surface area contributed by atoms with Crippen molar-refractivity contribution >= 4 is 23.5 Å². The molecule has 0 aliphatic heterocycles. The zero-order valence-electron chi connectivity index (χ0n) is 7.09. The fourth-order valence-corrected chi connectivity index (χ4v) is 1.59. The molecule has 0 unspecified atom stereocenters. The van der Waals surface area contributed by atoms with Crippen LogP contribution in [0.4, 0.5) is 0 Å². The molecule has 0 saturated heterocycles. The molecule has 62 valence electrons. The summed E-state index contributed by atoms with van der Waals surface area (Å²) in [5, 5.41) is 0. The number of rotatable bonds is 6. The quantitative estimate of drug-likeness (QED) is 0.576. The highest BCUT2D eigenvalue weighted by Gasteiger charge is 1.94. The molecule has 0 rings (SSSR count). The lowest BCUT2D eigenvalue weighted by Crippen LogP contribution is -2.23. The maximum absolute atomic E-state index is 2.38. The van der Waals surface area contributed by atoms with Crippen LogP contribution in [0.1, 0.15) is 0 Å². The zero-order valence-corrected chi connectivity index (χ0v) is 8.73. The smallest absolute Gasteiger partial charge is 0.00695 e. The van der Waals surface area contributed by atoms with Crippen molar-refractivity contribution in [1.29, 1.82) is 0 Å². The van der Waals surface area contributed by atoms with Crippen LogP contribution >= 0.6 is 23.5 Å². The van der Waals surface area contributed by atoms with Crippen LogP contribution in [0.2, 0.25) is 0 Å². The monoisotopic (exact) mass is 183 g/mol. The molecule has 0 aromatic rings. The van der Waals surface area contributed by atoms with Gasteiger partial charge in [-0.05, 0) is 19.6 Å². The van der Waals surface area contributed by atoms with E-state index in [1.807, 2.05) is 23.5 Å². The van der Waals surface area contributed by atoms with Crippen molar-refractivity contribution in [2.75, 3.05) is 44.2 Å². The maximum atomic E-state index is 2.38. The summed E-state index contributed by atoms with van der Waals surface area (Å²) in [4.78, 5) is 2.38. The summed E-state index contributed by atoms with van der Waals surface area (Å²) in [5.74, 6) is 2.51. The fourth-order valence-electron chi connectivity index (χ4n) is 0.606. The molecule has 3 heteroatoms. The van der Waals surface area contributed by atoms with E-state index in [0.717, 1.165) is 0 Å². The highest BCUT2D eigenvalue weighted by Crippen LogP contribution is 1.96. The first-order valence-corrected chi connectivity index (χ1v) is 6.26. The summed E-state index contributed by atoms with van der Waals surface area (Å²) in [7, 11) is 2.19. The van der Waals surface area contributed by atoms with Gasteiger partial charge in [-0.15, -0.1) is 0 Å². The van der Waals surface area contributed by atoms with Gasteiger partial charge in [0.1, 0.15) is 0 Å². The Morgan fingerprint density at radius 1 is 1.00 bits per heavy atom. The summed E-state index contributed by atoms with van der Waals surface area (Å²) in [6.07, 6.45) is 4.31. The lowest BCUT2D eigenvalue weighted by atomic mass is 11.2. The van der Waals surface area contributed by atoms with Gasteiger partial charge in [-0.1, -0.05) is 0 Å². The Hall–Kier alpha value is 0.660. The molecule has 1 nitrogen and oxygen atoms in total. The summed E-state index contributed by atoms with van der Waals surface area (Å²) < 4.78 is 0. The Kier molecular flexibility index (Phi) is 8.28. The van der Waals surface area contributed by atoms with E-state index in [1.165, 1.54) is 24.6 Å². The van der Waals surface area contributed by atoms with Crippen LogP contribution in [0.25, 0.3) is 0 Å². The number of nitrogens with zero attached hydrogens (tertiary/aromatic N) is 1. The van der Waals surface area contributed by atoms with Gasteiger partial charge in [0.15, 0.2) is 0 Å². The van der Waals surface area contributed by atoms with Crippen LogP contribution in [0.15, 0.2) is 0 Å². The Morgan fingerprint density at radius 3 is 1.70 bits per heavy atom. The van der Waals surface area contributed by atoms with Gasteiger partial charge in [0, 0.05) is 24.6 Å². The van der Waals surface area contributed by atoms with Gasteiger partial charge in [-0.3, -0.25) is 0 Å². The van der Waals surface area contributed by atoms with Crippen LogP contribution < -0.4 is 0 Å². The van der Waals surface area contributed by atoms with E-state index in [0.29, 0.717) is 0 Å². The van der Waals surface area contributed by atoms with E-state index in [4.69, 9.17) is 0 Å². The molecule has 0 spiro atoms. The first-order chi connectivity index (χ1) is 4.81. The SMILES string of the molecule is CS[13CH2][13CH2]N(C)[13CH2][13CH2]SC. The minimum absolute atomic E-state index is 1.22. The largest absolute Gasteiger partial charge is 0.305 e. The van der Waals surface area contributed by atoms with Gasteiger partial charge in [0.2, 0.25) is 0 Å². The highest BCUT2D eigenvalue weighted by atomic mass is 32.2. The third kappa shape index (κ3) is 6.78. The van der Waals surface area contributed by atoms with Crippen molar-refractivity contribution in [2.45, 2.75) is 0 Å². The lowest BCUT2D eigenvalue weighted by molar-refractivity contribution is 0.380. The molecule has 0 bridgehead atoms. The van der Waals surface area contributed by atoms with Gasteiger partial charge in [-0.2, -0.15) is 23.5 Å². The van der Waals surface area contributed by atoms with Gasteiger partial charge in [0.05, 0.1) is 0 Å². The van der Waals surface area contributed by atoms with E-state index in [2.05, 4.69) is 24.5 Å². The normalized spacial score (nSPS) is 10.8. The average Bonchev–Trinajstić information content (AvgIpc) is 1.97. The van der Waals surface area contributed by atoms with Crippen LogP contribution in [0.5, 0.6) is 0 Å². The highest BCUT2D eigenvalue weighted by molar-refractivity contribution is 7.98. The Balaban J connectivity index is 3.00. The van der Waals surface area contributed by atoms with E-state index in [1.54, 1.807) is 0 Å². The zero-order chi connectivity index (χ0) is 7.82. The van der Waals surface area contributed by atoms with Crippen LogP contribution in [-0.4, -0.2) is 49.1 Å².